The summed E-state index contributed by atoms with van der Waals surface area (Å²) in [5.41, 5.74) is 0. The van der Waals surface area contributed by atoms with Crippen molar-refractivity contribution in [1.82, 2.24) is 0 Å². The van der Waals surface area contributed by atoms with Gasteiger partial charge >= 0.3 is 0 Å². The van der Waals surface area contributed by atoms with Crippen LogP contribution in [0.25, 0.3) is 0 Å². The van der Waals surface area contributed by atoms with Gasteiger partial charge in [0, 0.05) is 6.21 Å². The van der Waals surface area contributed by atoms with Gasteiger partial charge in [-0.25, -0.2) is 0 Å². The molecule has 1 aliphatic rings. The van der Waals surface area contributed by atoms with Crippen LogP contribution in [-0.2, 0) is 0 Å². The zero-order valence-corrected chi connectivity index (χ0v) is 6.10. The van der Waals surface area contributed by atoms with Gasteiger partial charge in [0.05, 0.1) is 6.54 Å². The number of hydrogen-bond donors (Lipinski definition) is 0. The molecule has 0 saturated heterocycles. The summed E-state index contributed by atoms with van der Waals surface area (Å²) in [6, 6.07) is 9.80. The molecular formula is C9H9NO. The Balaban J connectivity index is 2.01. The second kappa shape index (κ2) is 2.74. The van der Waals surface area contributed by atoms with Crippen LogP contribution in [0.1, 0.15) is 0 Å². The lowest BCUT2D eigenvalue weighted by Crippen LogP contribution is -2.29. The molecule has 2 nitrogen and oxygen atoms in total. The van der Waals surface area contributed by atoms with Gasteiger partial charge in [-0.05, 0) is 12.1 Å². The highest BCUT2D eigenvalue weighted by Gasteiger charge is 2.12. The Labute approximate surface area is 65.5 Å². The highest BCUT2D eigenvalue weighted by atomic mass is 16.5. The van der Waals surface area contributed by atoms with Crippen molar-refractivity contribution in [3.8, 4) is 5.75 Å². The topological polar surface area (TPSA) is 21.6 Å². The molecular weight excluding hydrogens is 138 g/mol. The van der Waals surface area contributed by atoms with Gasteiger partial charge in [-0.3, -0.25) is 4.99 Å². The molecule has 0 saturated carbocycles. The smallest absolute Gasteiger partial charge is 0.153 e. The van der Waals surface area contributed by atoms with E-state index >= 15 is 0 Å². The molecule has 0 aromatic heterocycles. The van der Waals surface area contributed by atoms with Crippen molar-refractivity contribution in [3.63, 3.8) is 0 Å². The fourth-order valence-electron chi connectivity index (χ4n) is 0.933. The molecule has 0 amide bonds. The van der Waals surface area contributed by atoms with Gasteiger partial charge in [-0.2, -0.15) is 0 Å². The number of aliphatic imine (C=N–C) groups is 1. The Hall–Kier alpha value is -1.31. The van der Waals surface area contributed by atoms with E-state index in [0.717, 1.165) is 12.3 Å². The molecule has 1 unspecified atom stereocenters. The van der Waals surface area contributed by atoms with Gasteiger partial charge in [0.1, 0.15) is 5.75 Å². The Bertz CT molecular complexity index is 256. The summed E-state index contributed by atoms with van der Waals surface area (Å²) in [6.45, 7) is 0.800. The van der Waals surface area contributed by atoms with E-state index in [1.165, 1.54) is 0 Å². The van der Waals surface area contributed by atoms with E-state index in [4.69, 9.17) is 4.74 Å². The summed E-state index contributed by atoms with van der Waals surface area (Å²) in [7, 11) is 0. The average Bonchev–Trinajstić information content (AvgIpc) is 1.99. The van der Waals surface area contributed by atoms with E-state index in [0.29, 0.717) is 0 Å². The number of para-hydroxylation sites is 1. The van der Waals surface area contributed by atoms with Crippen molar-refractivity contribution in [2.24, 2.45) is 4.99 Å². The quantitative estimate of drug-likeness (QED) is 0.621. The molecule has 2 heteroatoms. The molecule has 11 heavy (non-hydrogen) atoms. The van der Waals surface area contributed by atoms with Crippen molar-refractivity contribution in [1.29, 1.82) is 0 Å². The van der Waals surface area contributed by atoms with Gasteiger partial charge in [-0.1, -0.05) is 18.2 Å². The maximum Gasteiger partial charge on any atom is 0.153 e. The average molecular weight is 147 g/mol. The van der Waals surface area contributed by atoms with Gasteiger partial charge in [0.25, 0.3) is 0 Å². The fraction of sp³-hybridized carbons (Fsp3) is 0.222. The number of nitrogens with zero attached hydrogens (tertiary/aromatic N) is 1. The second-order valence-corrected chi connectivity index (χ2v) is 2.48. The van der Waals surface area contributed by atoms with Crippen LogP contribution in [0.5, 0.6) is 5.75 Å². The van der Waals surface area contributed by atoms with Crippen LogP contribution < -0.4 is 4.74 Å². The van der Waals surface area contributed by atoms with E-state index in [-0.39, 0.29) is 6.10 Å². The molecule has 1 aliphatic heterocycles. The minimum absolute atomic E-state index is 0.206. The summed E-state index contributed by atoms with van der Waals surface area (Å²) in [4.78, 5) is 3.94. The number of benzene rings is 1. The maximum absolute atomic E-state index is 5.50. The number of rotatable bonds is 2. The molecule has 2 rings (SSSR count). The molecule has 0 fully saturated rings. The first-order chi connectivity index (χ1) is 5.45. The van der Waals surface area contributed by atoms with Crippen molar-refractivity contribution in [3.05, 3.63) is 30.3 Å². The third kappa shape index (κ3) is 1.40. The third-order valence-corrected chi connectivity index (χ3v) is 1.59. The SMILES string of the molecule is C1=NCC1Oc1ccccc1. The van der Waals surface area contributed by atoms with Crippen LogP contribution in [0.15, 0.2) is 35.3 Å². The summed E-state index contributed by atoms with van der Waals surface area (Å²) in [5, 5.41) is 0. The molecule has 0 bridgehead atoms. The van der Waals surface area contributed by atoms with Crippen molar-refractivity contribution >= 4 is 6.21 Å². The van der Waals surface area contributed by atoms with Crippen LogP contribution >= 0.6 is 0 Å². The van der Waals surface area contributed by atoms with Crippen molar-refractivity contribution in [2.45, 2.75) is 6.10 Å². The predicted octanol–water partition coefficient (Wildman–Crippen LogP) is 1.52. The maximum atomic E-state index is 5.50. The molecule has 1 heterocycles. The van der Waals surface area contributed by atoms with E-state index in [1.54, 1.807) is 0 Å². The lowest BCUT2D eigenvalue weighted by atomic mass is 10.3. The third-order valence-electron chi connectivity index (χ3n) is 1.59. The molecule has 0 aliphatic carbocycles. The fourth-order valence-corrected chi connectivity index (χ4v) is 0.933. The highest BCUT2D eigenvalue weighted by molar-refractivity contribution is 5.69. The van der Waals surface area contributed by atoms with E-state index in [2.05, 4.69) is 4.99 Å². The van der Waals surface area contributed by atoms with E-state index < -0.39 is 0 Å². The molecule has 0 N–H and O–H groups in total. The van der Waals surface area contributed by atoms with E-state index in [9.17, 15) is 0 Å². The molecule has 1 atom stereocenters. The van der Waals surface area contributed by atoms with Crippen LogP contribution in [0.2, 0.25) is 0 Å². The first-order valence-corrected chi connectivity index (χ1v) is 3.67. The van der Waals surface area contributed by atoms with Crippen molar-refractivity contribution < 1.29 is 4.74 Å². The first-order valence-electron chi connectivity index (χ1n) is 3.67. The predicted molar refractivity (Wildman–Crippen MR) is 44.2 cm³/mol. The minimum atomic E-state index is 0.206. The number of hydrogen-bond acceptors (Lipinski definition) is 2. The first kappa shape index (κ1) is 6.40. The highest BCUT2D eigenvalue weighted by Crippen LogP contribution is 2.12. The zero-order valence-electron chi connectivity index (χ0n) is 6.10. The molecule has 0 spiro atoms. The molecule has 56 valence electrons. The van der Waals surface area contributed by atoms with Gasteiger partial charge in [0.2, 0.25) is 0 Å². The van der Waals surface area contributed by atoms with E-state index in [1.807, 2.05) is 36.5 Å². The summed E-state index contributed by atoms with van der Waals surface area (Å²) in [5.74, 6) is 0.920. The van der Waals surface area contributed by atoms with Crippen LogP contribution in [0.4, 0.5) is 0 Å². The van der Waals surface area contributed by atoms with Crippen LogP contribution in [-0.4, -0.2) is 18.9 Å². The molecule has 1 aromatic rings. The Kier molecular flexibility index (Phi) is 1.60. The van der Waals surface area contributed by atoms with Crippen LogP contribution in [0.3, 0.4) is 0 Å². The lowest BCUT2D eigenvalue weighted by Gasteiger charge is -2.18. The largest absolute Gasteiger partial charge is 0.483 e. The normalized spacial score (nSPS) is 20.9. The lowest BCUT2D eigenvalue weighted by molar-refractivity contribution is 0.264. The van der Waals surface area contributed by atoms with Crippen molar-refractivity contribution in [2.75, 3.05) is 6.54 Å². The molecule has 0 radical (unpaired) electrons. The molecule has 1 aromatic carbocycles. The Morgan fingerprint density at radius 2 is 2.00 bits per heavy atom. The zero-order chi connectivity index (χ0) is 7.52. The standard InChI is InChI=1S/C9H9NO/c1-2-4-8(5-3-1)11-9-6-10-7-9/h1-6,9H,7H2. The Morgan fingerprint density at radius 3 is 2.55 bits per heavy atom. The Morgan fingerprint density at radius 1 is 1.27 bits per heavy atom. The summed E-state index contributed by atoms with van der Waals surface area (Å²) in [6.07, 6.45) is 2.03. The summed E-state index contributed by atoms with van der Waals surface area (Å²) >= 11 is 0. The second-order valence-electron chi connectivity index (χ2n) is 2.48. The monoisotopic (exact) mass is 147 g/mol. The van der Waals surface area contributed by atoms with Gasteiger partial charge < -0.3 is 4.74 Å². The van der Waals surface area contributed by atoms with Gasteiger partial charge in [0.15, 0.2) is 6.10 Å². The van der Waals surface area contributed by atoms with Crippen LogP contribution in [0, 0.1) is 0 Å². The number of ether oxygens (including phenoxy) is 1. The minimum Gasteiger partial charge on any atom is -0.483 e. The summed E-state index contributed by atoms with van der Waals surface area (Å²) < 4.78 is 5.50. The van der Waals surface area contributed by atoms with Gasteiger partial charge in [-0.15, -0.1) is 0 Å².